The zero-order valence-corrected chi connectivity index (χ0v) is 20.3. The lowest BCUT2D eigenvalue weighted by Gasteiger charge is -2.18. The van der Waals surface area contributed by atoms with Crippen LogP contribution in [0.25, 0.3) is 5.69 Å². The Labute approximate surface area is 201 Å². The Bertz CT molecular complexity index is 1200. The molecule has 0 radical (unpaired) electrons. The van der Waals surface area contributed by atoms with Crippen LogP contribution in [0.5, 0.6) is 0 Å². The number of amides is 2. The van der Waals surface area contributed by atoms with Crippen molar-refractivity contribution < 1.29 is 9.59 Å². The van der Waals surface area contributed by atoms with Crippen LogP contribution in [-0.2, 0) is 17.6 Å². The Balaban J connectivity index is 1.37. The van der Waals surface area contributed by atoms with E-state index >= 15 is 0 Å². The summed E-state index contributed by atoms with van der Waals surface area (Å²) in [5.41, 5.74) is 8.20. The van der Waals surface area contributed by atoms with Gasteiger partial charge in [-0.05, 0) is 62.6 Å². The number of anilines is 1. The van der Waals surface area contributed by atoms with Crippen LogP contribution in [0.2, 0.25) is 0 Å². The second-order valence-electron chi connectivity index (χ2n) is 8.96. The number of aromatic nitrogens is 3. The lowest BCUT2D eigenvalue weighted by atomic mass is 9.88. The summed E-state index contributed by atoms with van der Waals surface area (Å²) in [6, 6.07) is 10.0. The number of thioether (sulfide) groups is 1. The Morgan fingerprint density at radius 2 is 1.97 bits per heavy atom. The molecule has 1 aromatic carbocycles. The van der Waals surface area contributed by atoms with Crippen LogP contribution in [0.1, 0.15) is 65.7 Å². The van der Waals surface area contributed by atoms with E-state index in [0.717, 1.165) is 54.1 Å². The lowest BCUT2D eigenvalue weighted by molar-refractivity contribution is -0.115. The number of nitrogens with one attached hydrogen (secondary N) is 1. The number of nitrogens with zero attached hydrogens (tertiary/aromatic N) is 3. The molecule has 1 fully saturated rings. The molecule has 2 atom stereocenters. The van der Waals surface area contributed by atoms with Crippen molar-refractivity contribution >= 4 is 39.9 Å². The van der Waals surface area contributed by atoms with Crippen molar-refractivity contribution in [1.82, 2.24) is 14.8 Å². The van der Waals surface area contributed by atoms with Gasteiger partial charge in [-0.1, -0.05) is 36.9 Å². The summed E-state index contributed by atoms with van der Waals surface area (Å²) in [7, 11) is 0. The first-order chi connectivity index (χ1) is 15.9. The van der Waals surface area contributed by atoms with E-state index in [1.165, 1.54) is 23.1 Å². The van der Waals surface area contributed by atoms with Crippen LogP contribution in [-0.4, -0.2) is 31.8 Å². The molecule has 0 bridgehead atoms. The second-order valence-corrected chi connectivity index (χ2v) is 11.4. The number of rotatable bonds is 7. The predicted octanol–water partition coefficient (Wildman–Crippen LogP) is 4.55. The highest BCUT2D eigenvalue weighted by Crippen LogP contribution is 2.42. The van der Waals surface area contributed by atoms with Gasteiger partial charge in [0.25, 0.3) is 5.91 Å². The minimum atomic E-state index is -0.476. The van der Waals surface area contributed by atoms with Crippen molar-refractivity contribution in [1.29, 1.82) is 0 Å². The first-order valence-electron chi connectivity index (χ1n) is 11.3. The topological polar surface area (TPSA) is 103 Å². The normalized spacial score (nSPS) is 18.5. The Kier molecular flexibility index (Phi) is 6.01. The second kappa shape index (κ2) is 8.95. The molecule has 2 amide bonds. The molecular formula is C24H27N5O2S2. The molecule has 2 heterocycles. The monoisotopic (exact) mass is 481 g/mol. The molecule has 2 aromatic heterocycles. The number of nitrogens with two attached hydrogens (primary N) is 1. The fourth-order valence-corrected chi connectivity index (χ4v) is 6.60. The molecule has 3 N–H and O–H groups in total. The fraction of sp³-hybridized carbons (Fsp3) is 0.417. The molecule has 2 aliphatic rings. The number of para-hydroxylation sites is 1. The molecule has 0 saturated heterocycles. The first kappa shape index (κ1) is 22.2. The number of fused-ring (bicyclic) bond motifs is 1. The van der Waals surface area contributed by atoms with E-state index in [1.807, 2.05) is 37.3 Å². The van der Waals surface area contributed by atoms with Crippen LogP contribution >= 0.6 is 23.1 Å². The van der Waals surface area contributed by atoms with E-state index in [4.69, 9.17) is 5.73 Å². The van der Waals surface area contributed by atoms with Gasteiger partial charge in [0, 0.05) is 16.5 Å². The van der Waals surface area contributed by atoms with E-state index in [1.54, 1.807) is 0 Å². The minimum absolute atomic E-state index is 0.176. The quantitative estimate of drug-likeness (QED) is 0.482. The van der Waals surface area contributed by atoms with Gasteiger partial charge in [-0.2, -0.15) is 0 Å². The molecule has 2 aliphatic carbocycles. The van der Waals surface area contributed by atoms with E-state index in [2.05, 4.69) is 27.0 Å². The Morgan fingerprint density at radius 3 is 2.67 bits per heavy atom. The maximum Gasteiger partial charge on any atom is 0.251 e. The molecule has 1 saturated carbocycles. The third-order valence-corrected chi connectivity index (χ3v) is 8.47. The van der Waals surface area contributed by atoms with Crippen molar-refractivity contribution in [3.05, 3.63) is 52.2 Å². The first-order valence-corrected chi connectivity index (χ1v) is 13.0. The van der Waals surface area contributed by atoms with Crippen molar-refractivity contribution in [3.63, 3.8) is 0 Å². The van der Waals surface area contributed by atoms with Crippen LogP contribution in [0.15, 0.2) is 35.5 Å². The molecular weight excluding hydrogens is 454 g/mol. The lowest BCUT2D eigenvalue weighted by Crippen LogP contribution is -2.24. The summed E-state index contributed by atoms with van der Waals surface area (Å²) in [4.78, 5) is 26.5. The van der Waals surface area contributed by atoms with Crippen molar-refractivity contribution in [2.24, 2.45) is 11.7 Å². The van der Waals surface area contributed by atoms with Gasteiger partial charge in [-0.25, -0.2) is 0 Å². The highest BCUT2D eigenvalue weighted by molar-refractivity contribution is 8.00. The minimum Gasteiger partial charge on any atom is -0.365 e. The molecule has 33 heavy (non-hydrogen) atoms. The maximum atomic E-state index is 13.1. The number of benzene rings is 1. The Hall–Kier alpha value is -2.65. The zero-order chi connectivity index (χ0) is 23.1. The standard InChI is InChI=1S/C24H27N5O2S2/c1-13-8-11-17-18(12-13)33-23(19(17)20(25)30)26-22(31)14(2)32-24-28-27-21(15-9-10-15)29(24)16-6-4-3-5-7-16/h3-7,13-15H,8-12H2,1-2H3,(H2,25,30)(H,26,31). The number of carbonyl (C=O) groups is 2. The van der Waals surface area contributed by atoms with Crippen molar-refractivity contribution in [2.75, 3.05) is 5.32 Å². The molecule has 0 aliphatic heterocycles. The number of hydrogen-bond acceptors (Lipinski definition) is 6. The number of carbonyl (C=O) groups excluding carboxylic acids is 2. The highest BCUT2D eigenvalue weighted by atomic mass is 32.2. The summed E-state index contributed by atoms with van der Waals surface area (Å²) in [6.07, 6.45) is 5.01. The summed E-state index contributed by atoms with van der Waals surface area (Å²) < 4.78 is 2.06. The van der Waals surface area contributed by atoms with Gasteiger partial charge < -0.3 is 11.1 Å². The third-order valence-electron chi connectivity index (χ3n) is 6.26. The van der Waals surface area contributed by atoms with Gasteiger partial charge in [-0.3, -0.25) is 14.2 Å². The predicted molar refractivity (Wildman–Crippen MR) is 131 cm³/mol. The van der Waals surface area contributed by atoms with Crippen LogP contribution < -0.4 is 11.1 Å². The van der Waals surface area contributed by atoms with Crippen LogP contribution in [0, 0.1) is 5.92 Å². The molecule has 9 heteroatoms. The number of thiophene rings is 1. The van der Waals surface area contributed by atoms with E-state index in [9.17, 15) is 9.59 Å². The number of hydrogen-bond donors (Lipinski definition) is 2. The van der Waals surface area contributed by atoms with Gasteiger partial charge in [-0.15, -0.1) is 21.5 Å². The van der Waals surface area contributed by atoms with Gasteiger partial charge >= 0.3 is 0 Å². The van der Waals surface area contributed by atoms with E-state index < -0.39 is 11.2 Å². The van der Waals surface area contributed by atoms with E-state index in [0.29, 0.717) is 27.6 Å². The maximum absolute atomic E-state index is 13.1. The highest BCUT2D eigenvalue weighted by Gasteiger charge is 2.32. The smallest absolute Gasteiger partial charge is 0.251 e. The van der Waals surface area contributed by atoms with Crippen molar-refractivity contribution in [2.45, 2.75) is 62.3 Å². The van der Waals surface area contributed by atoms with Crippen LogP contribution in [0.4, 0.5) is 5.00 Å². The van der Waals surface area contributed by atoms with Gasteiger partial charge in [0.1, 0.15) is 10.8 Å². The molecule has 7 nitrogen and oxygen atoms in total. The SMILES string of the molecule is CC1CCc2c(sc(NC(=O)C(C)Sc3nnc(C4CC4)n3-c3ccccc3)c2C(N)=O)C1. The third kappa shape index (κ3) is 4.44. The molecule has 5 rings (SSSR count). The molecule has 3 aromatic rings. The van der Waals surface area contributed by atoms with Gasteiger partial charge in [0.15, 0.2) is 5.16 Å². The molecule has 172 valence electrons. The van der Waals surface area contributed by atoms with E-state index in [-0.39, 0.29) is 5.91 Å². The summed E-state index contributed by atoms with van der Waals surface area (Å²) in [5.74, 6) is 1.29. The average Bonchev–Trinajstić information content (AvgIpc) is 3.46. The largest absolute Gasteiger partial charge is 0.365 e. The number of primary amides is 1. The summed E-state index contributed by atoms with van der Waals surface area (Å²) in [5, 5.41) is 12.7. The van der Waals surface area contributed by atoms with Crippen LogP contribution in [0.3, 0.4) is 0 Å². The van der Waals surface area contributed by atoms with Gasteiger partial charge in [0.05, 0.1) is 10.8 Å². The van der Waals surface area contributed by atoms with Gasteiger partial charge in [0.2, 0.25) is 5.91 Å². The molecule has 2 unspecified atom stereocenters. The average molecular weight is 482 g/mol. The molecule has 0 spiro atoms. The zero-order valence-electron chi connectivity index (χ0n) is 18.7. The summed E-state index contributed by atoms with van der Waals surface area (Å²) in [6.45, 7) is 4.06. The fourth-order valence-electron chi connectivity index (χ4n) is 4.31. The Morgan fingerprint density at radius 1 is 1.21 bits per heavy atom. The van der Waals surface area contributed by atoms with Crippen molar-refractivity contribution in [3.8, 4) is 5.69 Å². The summed E-state index contributed by atoms with van der Waals surface area (Å²) >= 11 is 2.86.